The first kappa shape index (κ1) is 23.2. The van der Waals surface area contributed by atoms with E-state index < -0.39 is 30.1 Å². The number of carbonyl (C=O) groups excluding carboxylic acids is 2. The maximum Gasteiger partial charge on any atom is 0.407 e. The number of nitrogens with one attached hydrogen (secondary N) is 2. The number of hydrogen-bond acceptors (Lipinski definition) is 6. The first-order valence-corrected chi connectivity index (χ1v) is 10.1. The number of carbonyl (C=O) groups is 3. The Labute approximate surface area is 185 Å². The van der Waals surface area contributed by atoms with Crippen LogP contribution in [0.3, 0.4) is 0 Å². The second-order valence-corrected chi connectivity index (χ2v) is 7.29. The van der Waals surface area contributed by atoms with Crippen LogP contribution in [0.15, 0.2) is 48.5 Å². The summed E-state index contributed by atoms with van der Waals surface area (Å²) in [7, 11) is 2.61. The smallest absolute Gasteiger partial charge is 0.407 e. The van der Waals surface area contributed by atoms with Crippen molar-refractivity contribution in [1.29, 1.82) is 0 Å². The number of carboxylic acids is 1. The molecule has 2 aromatic carbocycles. The predicted molar refractivity (Wildman–Crippen MR) is 115 cm³/mol. The normalized spacial score (nSPS) is 14.1. The molecule has 0 heterocycles. The molecule has 0 spiro atoms. The molecule has 9 heteroatoms. The molecule has 2 unspecified atom stereocenters. The lowest BCUT2D eigenvalue weighted by atomic mass is 9.98. The molecule has 2 aromatic rings. The monoisotopic (exact) mass is 442 g/mol. The Balaban J connectivity index is 1.60. The molecule has 0 aliphatic heterocycles. The molecule has 170 valence electrons. The summed E-state index contributed by atoms with van der Waals surface area (Å²) in [5.74, 6) is -1.93. The molecular weight excluding hydrogens is 416 g/mol. The van der Waals surface area contributed by atoms with Gasteiger partial charge in [0.05, 0.1) is 13.2 Å². The van der Waals surface area contributed by atoms with E-state index in [0.29, 0.717) is 0 Å². The molecule has 0 saturated carbocycles. The van der Waals surface area contributed by atoms with Gasteiger partial charge >= 0.3 is 12.1 Å². The van der Waals surface area contributed by atoms with E-state index in [1.54, 1.807) is 0 Å². The highest BCUT2D eigenvalue weighted by Crippen LogP contribution is 2.44. The third-order valence-corrected chi connectivity index (χ3v) is 5.31. The molecule has 3 N–H and O–H groups in total. The third-order valence-electron chi connectivity index (χ3n) is 5.31. The Morgan fingerprint density at radius 2 is 1.59 bits per heavy atom. The van der Waals surface area contributed by atoms with Gasteiger partial charge in [0, 0.05) is 20.1 Å². The van der Waals surface area contributed by atoms with Crippen LogP contribution in [0.4, 0.5) is 4.79 Å². The molecular formula is C23H26N2O7. The molecule has 3 rings (SSSR count). The number of hydrogen-bond donors (Lipinski definition) is 3. The van der Waals surface area contributed by atoms with Crippen LogP contribution >= 0.6 is 0 Å². The van der Waals surface area contributed by atoms with Crippen molar-refractivity contribution in [3.05, 3.63) is 59.7 Å². The average Bonchev–Trinajstić information content (AvgIpc) is 3.11. The summed E-state index contributed by atoms with van der Waals surface area (Å²) < 4.78 is 15.2. The zero-order valence-corrected chi connectivity index (χ0v) is 17.9. The topological polar surface area (TPSA) is 123 Å². The molecule has 2 amide bonds. The Morgan fingerprint density at radius 1 is 1.00 bits per heavy atom. The third kappa shape index (κ3) is 5.24. The lowest BCUT2D eigenvalue weighted by Gasteiger charge is -2.20. The second kappa shape index (κ2) is 10.7. The van der Waals surface area contributed by atoms with Crippen LogP contribution in [0.5, 0.6) is 0 Å². The van der Waals surface area contributed by atoms with Crippen molar-refractivity contribution in [2.24, 2.45) is 0 Å². The van der Waals surface area contributed by atoms with E-state index in [1.807, 2.05) is 48.5 Å². The molecule has 9 nitrogen and oxygen atoms in total. The van der Waals surface area contributed by atoms with Gasteiger partial charge < -0.3 is 30.0 Å². The summed E-state index contributed by atoms with van der Waals surface area (Å²) in [4.78, 5) is 35.8. The van der Waals surface area contributed by atoms with Crippen molar-refractivity contribution in [3.8, 4) is 11.1 Å². The van der Waals surface area contributed by atoms with E-state index in [0.717, 1.165) is 22.3 Å². The van der Waals surface area contributed by atoms with Crippen LogP contribution in [0.25, 0.3) is 11.1 Å². The lowest BCUT2D eigenvalue weighted by Crippen LogP contribution is -2.51. The van der Waals surface area contributed by atoms with Gasteiger partial charge in [0.1, 0.15) is 12.6 Å². The largest absolute Gasteiger partial charge is 0.479 e. The number of benzene rings is 2. The summed E-state index contributed by atoms with van der Waals surface area (Å²) in [5, 5.41) is 13.9. The fourth-order valence-electron chi connectivity index (χ4n) is 3.72. The van der Waals surface area contributed by atoms with Crippen molar-refractivity contribution >= 4 is 18.0 Å². The fourth-order valence-corrected chi connectivity index (χ4v) is 3.72. The molecule has 0 radical (unpaired) electrons. The van der Waals surface area contributed by atoms with Gasteiger partial charge in [-0.3, -0.25) is 4.79 Å². The number of aliphatic carboxylic acids is 1. The number of amides is 2. The molecule has 32 heavy (non-hydrogen) atoms. The average molecular weight is 442 g/mol. The standard InChI is InChI=1S/C23H26N2O7/c1-30-13-19(21(26)24-11-20(31-2)22(27)28)25-23(29)32-12-18-16-9-5-3-7-14(16)15-8-4-6-10-17(15)18/h3-10,18-20H,11-13H2,1-2H3,(H,24,26)(H,25,29)(H,27,28). The van der Waals surface area contributed by atoms with E-state index in [9.17, 15) is 14.4 Å². The summed E-state index contributed by atoms with van der Waals surface area (Å²) in [6, 6.07) is 14.9. The molecule has 0 aromatic heterocycles. The minimum atomic E-state index is -1.21. The first-order chi connectivity index (χ1) is 15.5. The van der Waals surface area contributed by atoms with Gasteiger partial charge in [0.15, 0.2) is 6.10 Å². The number of rotatable bonds is 10. The highest BCUT2D eigenvalue weighted by atomic mass is 16.5. The molecule has 2 atom stereocenters. The molecule has 1 aliphatic rings. The second-order valence-electron chi connectivity index (χ2n) is 7.29. The Bertz CT molecular complexity index is 933. The van der Waals surface area contributed by atoms with Crippen molar-refractivity contribution in [1.82, 2.24) is 10.6 Å². The molecule has 0 fully saturated rings. The van der Waals surface area contributed by atoms with E-state index in [-0.39, 0.29) is 25.7 Å². The predicted octanol–water partition coefficient (Wildman–Crippen LogP) is 1.76. The Morgan fingerprint density at radius 3 is 2.12 bits per heavy atom. The van der Waals surface area contributed by atoms with Crippen LogP contribution in [-0.2, 0) is 23.8 Å². The van der Waals surface area contributed by atoms with Gasteiger partial charge in [-0.25, -0.2) is 9.59 Å². The van der Waals surface area contributed by atoms with Crippen LogP contribution in [-0.4, -0.2) is 69.2 Å². The Kier molecular flexibility index (Phi) is 7.80. The van der Waals surface area contributed by atoms with Crippen LogP contribution in [0.1, 0.15) is 17.0 Å². The molecule has 0 saturated heterocycles. The fraction of sp³-hybridized carbons (Fsp3) is 0.348. The molecule has 0 bridgehead atoms. The van der Waals surface area contributed by atoms with E-state index >= 15 is 0 Å². The minimum absolute atomic E-state index is 0.103. The van der Waals surface area contributed by atoms with E-state index in [1.165, 1.54) is 14.2 Å². The number of alkyl carbamates (subject to hydrolysis) is 1. The van der Waals surface area contributed by atoms with Crippen molar-refractivity contribution < 1.29 is 33.7 Å². The van der Waals surface area contributed by atoms with Gasteiger partial charge in [0.2, 0.25) is 5.91 Å². The summed E-state index contributed by atoms with van der Waals surface area (Å²) >= 11 is 0. The van der Waals surface area contributed by atoms with Gasteiger partial charge in [-0.2, -0.15) is 0 Å². The zero-order chi connectivity index (χ0) is 23.1. The quantitative estimate of drug-likeness (QED) is 0.512. The van der Waals surface area contributed by atoms with Gasteiger partial charge in [-0.1, -0.05) is 48.5 Å². The van der Waals surface area contributed by atoms with Crippen LogP contribution in [0, 0.1) is 0 Å². The van der Waals surface area contributed by atoms with Gasteiger partial charge in [0.25, 0.3) is 0 Å². The Hall–Kier alpha value is -3.43. The van der Waals surface area contributed by atoms with E-state index in [2.05, 4.69) is 10.6 Å². The maximum atomic E-state index is 12.4. The van der Waals surface area contributed by atoms with Gasteiger partial charge in [-0.15, -0.1) is 0 Å². The van der Waals surface area contributed by atoms with Crippen LogP contribution < -0.4 is 10.6 Å². The molecule has 1 aliphatic carbocycles. The first-order valence-electron chi connectivity index (χ1n) is 10.1. The number of ether oxygens (including phenoxy) is 3. The SMILES string of the molecule is COCC(NC(=O)OCC1c2ccccc2-c2ccccc21)C(=O)NCC(OC)C(=O)O. The van der Waals surface area contributed by atoms with Gasteiger partial charge in [-0.05, 0) is 22.3 Å². The highest BCUT2D eigenvalue weighted by molar-refractivity contribution is 5.86. The summed E-state index contributed by atoms with van der Waals surface area (Å²) in [5.41, 5.74) is 4.37. The maximum absolute atomic E-state index is 12.4. The highest BCUT2D eigenvalue weighted by Gasteiger charge is 2.30. The van der Waals surface area contributed by atoms with Crippen molar-refractivity contribution in [2.75, 3.05) is 34.0 Å². The number of methoxy groups -OCH3 is 2. The number of fused-ring (bicyclic) bond motifs is 3. The lowest BCUT2D eigenvalue weighted by molar-refractivity contribution is -0.148. The zero-order valence-electron chi connectivity index (χ0n) is 17.9. The van der Waals surface area contributed by atoms with Crippen molar-refractivity contribution in [2.45, 2.75) is 18.1 Å². The minimum Gasteiger partial charge on any atom is -0.479 e. The number of carboxylic acid groups (broad SMARTS) is 1. The van der Waals surface area contributed by atoms with E-state index in [4.69, 9.17) is 19.3 Å². The summed E-state index contributed by atoms with van der Waals surface area (Å²) in [6.07, 6.45) is -1.97. The van der Waals surface area contributed by atoms with Crippen LogP contribution in [0.2, 0.25) is 0 Å². The van der Waals surface area contributed by atoms with Crippen molar-refractivity contribution in [3.63, 3.8) is 0 Å². The summed E-state index contributed by atoms with van der Waals surface area (Å²) in [6.45, 7) is -0.260.